The Kier molecular flexibility index (Phi) is 9.13. The molecule has 35 heavy (non-hydrogen) atoms. The maximum atomic E-state index is 12.7. The van der Waals surface area contributed by atoms with Crippen LogP contribution in [0.25, 0.3) is 0 Å². The maximum Gasteiger partial charge on any atom is 0.339 e. The van der Waals surface area contributed by atoms with Crippen molar-refractivity contribution in [3.63, 3.8) is 0 Å². The van der Waals surface area contributed by atoms with Gasteiger partial charge in [-0.1, -0.05) is 27.5 Å². The first-order chi connectivity index (χ1) is 16.7. The molecule has 8 nitrogen and oxygen atoms in total. The summed E-state index contributed by atoms with van der Waals surface area (Å²) in [5.74, 6) is 0.519. The Balaban J connectivity index is 1.78. The van der Waals surface area contributed by atoms with Gasteiger partial charge in [-0.25, -0.2) is 5.43 Å². The zero-order chi connectivity index (χ0) is 25.4. The van der Waals surface area contributed by atoms with E-state index >= 15 is 0 Å². The SMILES string of the molecule is CCOc1ccc(C(=O)N/N=C/c2cc(Br)ccc2OS(=O)(=O)c2ccc(Cl)cc2)cc1OCC. The number of halogens is 2. The molecule has 0 saturated carbocycles. The lowest BCUT2D eigenvalue weighted by molar-refractivity contribution is 0.0954. The summed E-state index contributed by atoms with van der Waals surface area (Å²) in [6, 6.07) is 15.1. The number of rotatable bonds is 10. The molecule has 0 aliphatic heterocycles. The molecule has 3 aromatic rings. The number of hydrazone groups is 1. The van der Waals surface area contributed by atoms with Crippen LogP contribution in [0.3, 0.4) is 0 Å². The van der Waals surface area contributed by atoms with Crippen LogP contribution in [-0.2, 0) is 10.1 Å². The van der Waals surface area contributed by atoms with Gasteiger partial charge in [-0.2, -0.15) is 13.5 Å². The average Bonchev–Trinajstić information content (AvgIpc) is 2.82. The predicted molar refractivity (Wildman–Crippen MR) is 137 cm³/mol. The molecule has 0 aliphatic carbocycles. The molecule has 0 fully saturated rings. The third kappa shape index (κ3) is 7.20. The monoisotopic (exact) mass is 580 g/mol. The minimum Gasteiger partial charge on any atom is -0.490 e. The number of ether oxygens (including phenoxy) is 2. The first kappa shape index (κ1) is 26.5. The topological polar surface area (TPSA) is 103 Å². The van der Waals surface area contributed by atoms with Crippen molar-refractivity contribution in [3.05, 3.63) is 81.3 Å². The molecule has 0 heterocycles. The average molecular weight is 582 g/mol. The first-order valence-corrected chi connectivity index (χ1v) is 13.0. The van der Waals surface area contributed by atoms with Gasteiger partial charge in [0.2, 0.25) is 0 Å². The molecule has 0 aromatic heterocycles. The Morgan fingerprint density at radius 3 is 2.31 bits per heavy atom. The molecule has 0 aliphatic rings. The molecule has 1 N–H and O–H groups in total. The highest BCUT2D eigenvalue weighted by molar-refractivity contribution is 9.10. The van der Waals surface area contributed by atoms with E-state index in [-0.39, 0.29) is 10.6 Å². The van der Waals surface area contributed by atoms with Crippen LogP contribution in [0, 0.1) is 0 Å². The third-order valence-electron chi connectivity index (χ3n) is 4.45. The number of amides is 1. The summed E-state index contributed by atoms with van der Waals surface area (Å²) >= 11 is 9.17. The van der Waals surface area contributed by atoms with Crippen LogP contribution < -0.4 is 19.1 Å². The fraction of sp³-hybridized carbons (Fsp3) is 0.167. The molecule has 11 heteroatoms. The van der Waals surface area contributed by atoms with Crippen molar-refractivity contribution in [1.82, 2.24) is 5.43 Å². The summed E-state index contributed by atoms with van der Waals surface area (Å²) in [6.45, 7) is 4.55. The molecular formula is C24H22BrClN2O6S. The van der Waals surface area contributed by atoms with Gasteiger partial charge in [0.05, 0.1) is 19.4 Å². The lowest BCUT2D eigenvalue weighted by Gasteiger charge is -2.12. The van der Waals surface area contributed by atoms with Crippen molar-refractivity contribution in [3.8, 4) is 17.2 Å². The number of hydrogen-bond acceptors (Lipinski definition) is 7. The van der Waals surface area contributed by atoms with E-state index in [9.17, 15) is 13.2 Å². The zero-order valence-electron chi connectivity index (χ0n) is 18.8. The zero-order valence-corrected chi connectivity index (χ0v) is 22.0. The molecule has 3 aromatic carbocycles. The molecule has 0 bridgehead atoms. The highest BCUT2D eigenvalue weighted by Crippen LogP contribution is 2.29. The second-order valence-corrected chi connectivity index (χ2v) is 9.80. The van der Waals surface area contributed by atoms with E-state index < -0.39 is 16.0 Å². The summed E-state index contributed by atoms with van der Waals surface area (Å²) in [5.41, 5.74) is 3.04. The van der Waals surface area contributed by atoms with Gasteiger partial charge in [-0.05, 0) is 74.5 Å². The molecule has 0 radical (unpaired) electrons. The Morgan fingerprint density at radius 1 is 0.971 bits per heavy atom. The van der Waals surface area contributed by atoms with Crippen LogP contribution in [0.2, 0.25) is 5.02 Å². The van der Waals surface area contributed by atoms with E-state index in [0.29, 0.717) is 45.3 Å². The van der Waals surface area contributed by atoms with E-state index in [4.69, 9.17) is 25.3 Å². The van der Waals surface area contributed by atoms with Crippen molar-refractivity contribution in [1.29, 1.82) is 0 Å². The standard InChI is InChI=1S/C24H22BrClN2O6S/c1-3-32-22-11-5-16(14-23(22)33-4-2)24(29)28-27-15-17-13-18(25)6-12-21(17)34-35(30,31)20-9-7-19(26)8-10-20/h5-15H,3-4H2,1-2H3,(H,28,29)/b27-15+. The molecule has 0 spiro atoms. The van der Waals surface area contributed by atoms with Crippen molar-refractivity contribution in [2.24, 2.45) is 5.10 Å². The fourth-order valence-corrected chi connectivity index (χ4v) is 4.34. The third-order valence-corrected chi connectivity index (χ3v) is 6.44. The number of nitrogens with zero attached hydrogens (tertiary/aromatic N) is 1. The molecular weight excluding hydrogens is 560 g/mol. The Bertz CT molecular complexity index is 1330. The van der Waals surface area contributed by atoms with Gasteiger partial charge in [0.1, 0.15) is 4.90 Å². The van der Waals surface area contributed by atoms with Crippen LogP contribution >= 0.6 is 27.5 Å². The van der Waals surface area contributed by atoms with Crippen molar-refractivity contribution in [2.75, 3.05) is 13.2 Å². The Labute approximate surface area is 217 Å². The summed E-state index contributed by atoms with van der Waals surface area (Å²) in [4.78, 5) is 12.5. The summed E-state index contributed by atoms with van der Waals surface area (Å²) in [6.07, 6.45) is 1.29. The van der Waals surface area contributed by atoms with Gasteiger partial charge in [0.25, 0.3) is 5.91 Å². The normalized spacial score (nSPS) is 11.3. The van der Waals surface area contributed by atoms with E-state index in [1.807, 2.05) is 13.8 Å². The second-order valence-electron chi connectivity index (χ2n) is 6.90. The quantitative estimate of drug-likeness (QED) is 0.195. The molecule has 0 unspecified atom stereocenters. The highest BCUT2D eigenvalue weighted by atomic mass is 79.9. The van der Waals surface area contributed by atoms with Gasteiger partial charge in [0, 0.05) is 20.6 Å². The van der Waals surface area contributed by atoms with Crippen LogP contribution in [-0.4, -0.2) is 33.8 Å². The van der Waals surface area contributed by atoms with E-state index in [0.717, 1.165) is 0 Å². The van der Waals surface area contributed by atoms with Crippen LogP contribution in [0.15, 0.2) is 75.1 Å². The summed E-state index contributed by atoms with van der Waals surface area (Å²) < 4.78 is 42.3. The summed E-state index contributed by atoms with van der Waals surface area (Å²) in [5, 5.41) is 4.36. The lowest BCUT2D eigenvalue weighted by atomic mass is 10.2. The van der Waals surface area contributed by atoms with Gasteiger partial charge < -0.3 is 13.7 Å². The van der Waals surface area contributed by atoms with Crippen molar-refractivity contribution < 1.29 is 26.9 Å². The molecule has 0 saturated heterocycles. The summed E-state index contributed by atoms with van der Waals surface area (Å²) in [7, 11) is -4.12. The molecule has 3 rings (SSSR count). The molecule has 1 amide bonds. The van der Waals surface area contributed by atoms with Gasteiger partial charge in [-0.3, -0.25) is 4.79 Å². The number of benzene rings is 3. The van der Waals surface area contributed by atoms with Crippen LogP contribution in [0.5, 0.6) is 17.2 Å². The number of hydrogen-bond donors (Lipinski definition) is 1. The first-order valence-electron chi connectivity index (χ1n) is 10.5. The number of carbonyl (C=O) groups is 1. The van der Waals surface area contributed by atoms with Crippen LogP contribution in [0.1, 0.15) is 29.8 Å². The van der Waals surface area contributed by atoms with E-state index in [1.165, 1.54) is 36.5 Å². The minimum absolute atomic E-state index is 0.0286. The molecule has 0 atom stereocenters. The number of carbonyl (C=O) groups excluding carboxylic acids is 1. The maximum absolute atomic E-state index is 12.7. The van der Waals surface area contributed by atoms with Gasteiger partial charge in [0.15, 0.2) is 17.2 Å². The second kappa shape index (κ2) is 12.1. The van der Waals surface area contributed by atoms with Gasteiger partial charge >= 0.3 is 10.1 Å². The lowest BCUT2D eigenvalue weighted by Crippen LogP contribution is -2.18. The van der Waals surface area contributed by atoms with Crippen LogP contribution in [0.4, 0.5) is 0 Å². The Hall–Kier alpha value is -3.08. The molecule has 184 valence electrons. The Morgan fingerprint density at radius 2 is 1.63 bits per heavy atom. The number of nitrogens with one attached hydrogen (secondary N) is 1. The minimum atomic E-state index is -4.12. The smallest absolute Gasteiger partial charge is 0.339 e. The van der Waals surface area contributed by atoms with Gasteiger partial charge in [-0.15, -0.1) is 0 Å². The predicted octanol–water partition coefficient (Wildman–Crippen LogP) is 5.43. The largest absolute Gasteiger partial charge is 0.490 e. The van der Waals surface area contributed by atoms with Crippen molar-refractivity contribution >= 4 is 49.8 Å². The van der Waals surface area contributed by atoms with E-state index in [1.54, 1.807) is 30.3 Å². The van der Waals surface area contributed by atoms with Crippen molar-refractivity contribution in [2.45, 2.75) is 18.7 Å². The highest BCUT2D eigenvalue weighted by Gasteiger charge is 2.18. The fourth-order valence-electron chi connectivity index (χ4n) is 2.88. The van der Waals surface area contributed by atoms with E-state index in [2.05, 4.69) is 26.5 Å².